The quantitative estimate of drug-likeness (QED) is 0.165. The van der Waals surface area contributed by atoms with Gasteiger partial charge in [-0.3, -0.25) is 0 Å². The van der Waals surface area contributed by atoms with Crippen LogP contribution in [0, 0.1) is 0 Å². The highest BCUT2D eigenvalue weighted by molar-refractivity contribution is 5.47. The predicted octanol–water partition coefficient (Wildman–Crippen LogP) is 6.88. The van der Waals surface area contributed by atoms with Crippen LogP contribution in [-0.2, 0) is 37.8 Å². The van der Waals surface area contributed by atoms with Crippen LogP contribution in [0.25, 0.3) is 0 Å². The monoisotopic (exact) mass is 572 g/mol. The Morgan fingerprint density at radius 2 is 0.884 bits per heavy atom. The Hall–Kier alpha value is -4.10. The Morgan fingerprint density at radius 1 is 0.512 bits per heavy atom. The van der Waals surface area contributed by atoms with Gasteiger partial charge in [0.05, 0.1) is 19.8 Å². The summed E-state index contributed by atoms with van der Waals surface area (Å²) in [4.78, 5) is 0. The molecule has 218 valence electrons. The predicted molar refractivity (Wildman–Crippen MR) is 166 cm³/mol. The molecule has 1 aliphatic rings. The molecule has 6 rings (SSSR count). The van der Waals surface area contributed by atoms with Gasteiger partial charge in [0.2, 0.25) is 0 Å². The zero-order valence-corrected chi connectivity index (χ0v) is 23.9. The Bertz CT molecular complexity index is 1420. The van der Waals surface area contributed by atoms with Crippen molar-refractivity contribution < 1.29 is 24.1 Å². The van der Waals surface area contributed by atoms with Gasteiger partial charge < -0.3 is 24.1 Å². The fourth-order valence-corrected chi connectivity index (χ4v) is 5.73. The van der Waals surface area contributed by atoms with Crippen LogP contribution in [0.4, 0.5) is 0 Å². The van der Waals surface area contributed by atoms with E-state index < -0.39 is 30.2 Å². The van der Waals surface area contributed by atoms with E-state index in [1.165, 1.54) is 0 Å². The summed E-state index contributed by atoms with van der Waals surface area (Å²) < 4.78 is 25.9. The molecule has 0 spiro atoms. The third-order valence-electron chi connectivity index (χ3n) is 7.86. The average molecular weight is 573 g/mol. The lowest BCUT2D eigenvalue weighted by Crippen LogP contribution is -2.41. The minimum Gasteiger partial charge on any atom is -0.368 e. The molecule has 0 aromatic heterocycles. The van der Waals surface area contributed by atoms with Gasteiger partial charge in [-0.25, -0.2) is 0 Å². The van der Waals surface area contributed by atoms with Crippen molar-refractivity contribution in [3.63, 3.8) is 0 Å². The van der Waals surface area contributed by atoms with Crippen LogP contribution >= 0.6 is 0 Å². The lowest BCUT2D eigenvalue weighted by atomic mass is 9.80. The molecule has 0 radical (unpaired) electrons. The molecule has 0 amide bonds. The average Bonchev–Trinajstić information content (AvgIpc) is 3.39. The number of hydrogen-bond acceptors (Lipinski definition) is 5. The van der Waals surface area contributed by atoms with Crippen LogP contribution < -0.4 is 0 Å². The molecular weight excluding hydrogens is 536 g/mol. The van der Waals surface area contributed by atoms with Gasteiger partial charge in [-0.05, 0) is 27.8 Å². The summed E-state index contributed by atoms with van der Waals surface area (Å²) in [5.41, 5.74) is 4.08. The fraction of sp³-hybridized carbons (Fsp3) is 0.211. The fourth-order valence-electron chi connectivity index (χ4n) is 5.73. The van der Waals surface area contributed by atoms with E-state index in [0.29, 0.717) is 13.2 Å². The second-order valence-electron chi connectivity index (χ2n) is 10.7. The zero-order valence-electron chi connectivity index (χ0n) is 23.9. The molecule has 4 atom stereocenters. The molecular formula is C38H36O5. The maximum absolute atomic E-state index is 11.1. The van der Waals surface area contributed by atoms with Gasteiger partial charge in [0, 0.05) is 0 Å². The highest BCUT2D eigenvalue weighted by atomic mass is 16.7. The third-order valence-corrected chi connectivity index (χ3v) is 7.86. The largest absolute Gasteiger partial charge is 0.368 e. The van der Waals surface area contributed by atoms with Gasteiger partial charge in [-0.15, -0.1) is 0 Å². The van der Waals surface area contributed by atoms with E-state index >= 15 is 0 Å². The summed E-state index contributed by atoms with van der Waals surface area (Å²) in [5.74, 6) is 0. The van der Waals surface area contributed by atoms with Crippen molar-refractivity contribution in [2.45, 2.75) is 43.4 Å². The highest BCUT2D eigenvalue weighted by Gasteiger charge is 2.48. The van der Waals surface area contributed by atoms with Gasteiger partial charge in [0.15, 0.2) is 6.29 Å². The normalized spacial score (nSPS) is 20.2. The highest BCUT2D eigenvalue weighted by Crippen LogP contribution is 2.41. The SMILES string of the molecule is OC1O[C@@H](COC(c2ccccc2)(c2ccccc2)c2ccccc2)[C@@H](OCc2ccccc2)[C@@H]1OCc1ccccc1. The summed E-state index contributed by atoms with van der Waals surface area (Å²) in [6, 6.07) is 50.5. The number of ether oxygens (including phenoxy) is 4. The van der Waals surface area contributed by atoms with Gasteiger partial charge >= 0.3 is 0 Å². The molecule has 1 saturated heterocycles. The molecule has 0 bridgehead atoms. The van der Waals surface area contributed by atoms with Crippen LogP contribution in [-0.4, -0.2) is 36.3 Å². The Labute approximate surface area is 253 Å². The van der Waals surface area contributed by atoms with E-state index in [1.807, 2.05) is 115 Å². The lowest BCUT2D eigenvalue weighted by molar-refractivity contribution is -0.157. The van der Waals surface area contributed by atoms with E-state index in [1.54, 1.807) is 0 Å². The first-order valence-electron chi connectivity index (χ1n) is 14.7. The van der Waals surface area contributed by atoms with Crippen molar-refractivity contribution in [2.24, 2.45) is 0 Å². The molecule has 5 aromatic rings. The first kappa shape index (κ1) is 29.0. The van der Waals surface area contributed by atoms with Gasteiger partial charge in [-0.2, -0.15) is 0 Å². The van der Waals surface area contributed by atoms with E-state index in [2.05, 4.69) is 36.4 Å². The van der Waals surface area contributed by atoms with E-state index in [-0.39, 0.29) is 6.61 Å². The number of hydrogen-bond donors (Lipinski definition) is 1. The standard InChI is InChI=1S/C38H36O5/c39-37-36(41-27-30-18-8-2-9-19-30)35(40-26-29-16-6-1-7-17-29)34(43-37)28-42-38(31-20-10-3-11-21-31,32-22-12-4-13-23-32)33-24-14-5-15-25-33/h1-25,34-37,39H,26-28H2/t34-,35+,36-,37?/m0/s1. The minimum absolute atomic E-state index is 0.153. The van der Waals surface area contributed by atoms with Crippen molar-refractivity contribution in [3.8, 4) is 0 Å². The number of aliphatic hydroxyl groups excluding tert-OH is 1. The Kier molecular flexibility index (Phi) is 9.38. The van der Waals surface area contributed by atoms with Gasteiger partial charge in [0.1, 0.15) is 23.9 Å². The van der Waals surface area contributed by atoms with Crippen LogP contribution in [0.1, 0.15) is 27.8 Å². The third kappa shape index (κ3) is 6.62. The summed E-state index contributed by atoms with van der Waals surface area (Å²) >= 11 is 0. The maximum atomic E-state index is 11.1. The van der Waals surface area contributed by atoms with Gasteiger partial charge in [-0.1, -0.05) is 152 Å². The first-order chi connectivity index (χ1) is 21.2. The minimum atomic E-state index is -1.17. The number of rotatable bonds is 12. The topological polar surface area (TPSA) is 57.2 Å². The van der Waals surface area contributed by atoms with Crippen LogP contribution in [0.2, 0.25) is 0 Å². The number of benzene rings is 5. The molecule has 1 N–H and O–H groups in total. The number of aliphatic hydroxyl groups is 1. The van der Waals surface area contributed by atoms with E-state index in [9.17, 15) is 5.11 Å². The molecule has 1 unspecified atom stereocenters. The van der Waals surface area contributed by atoms with Gasteiger partial charge in [0.25, 0.3) is 0 Å². The van der Waals surface area contributed by atoms with E-state index in [4.69, 9.17) is 18.9 Å². The zero-order chi connectivity index (χ0) is 29.3. The Balaban J connectivity index is 1.32. The maximum Gasteiger partial charge on any atom is 0.184 e. The van der Waals surface area contributed by atoms with Crippen molar-refractivity contribution in [1.82, 2.24) is 0 Å². The van der Waals surface area contributed by atoms with Crippen molar-refractivity contribution in [3.05, 3.63) is 179 Å². The van der Waals surface area contributed by atoms with Crippen molar-refractivity contribution in [1.29, 1.82) is 0 Å². The molecule has 0 saturated carbocycles. The molecule has 1 aliphatic heterocycles. The van der Waals surface area contributed by atoms with Crippen LogP contribution in [0.5, 0.6) is 0 Å². The smallest absolute Gasteiger partial charge is 0.184 e. The first-order valence-corrected chi connectivity index (χ1v) is 14.7. The molecule has 1 heterocycles. The summed E-state index contributed by atoms with van der Waals surface area (Å²) in [5, 5.41) is 11.1. The second-order valence-corrected chi connectivity index (χ2v) is 10.7. The summed E-state index contributed by atoms with van der Waals surface area (Å²) in [7, 11) is 0. The van der Waals surface area contributed by atoms with Crippen LogP contribution in [0.3, 0.4) is 0 Å². The molecule has 0 aliphatic carbocycles. The molecule has 5 nitrogen and oxygen atoms in total. The van der Waals surface area contributed by atoms with Crippen molar-refractivity contribution >= 4 is 0 Å². The molecule has 43 heavy (non-hydrogen) atoms. The lowest BCUT2D eigenvalue weighted by Gasteiger charge is -2.37. The Morgan fingerprint density at radius 3 is 1.30 bits per heavy atom. The second kappa shape index (κ2) is 13.9. The molecule has 5 aromatic carbocycles. The van der Waals surface area contributed by atoms with E-state index in [0.717, 1.165) is 27.8 Å². The van der Waals surface area contributed by atoms with Crippen molar-refractivity contribution in [2.75, 3.05) is 6.61 Å². The molecule has 5 heteroatoms. The summed E-state index contributed by atoms with van der Waals surface area (Å²) in [6.07, 6.45) is -3.02. The molecule has 1 fully saturated rings. The van der Waals surface area contributed by atoms with Crippen LogP contribution in [0.15, 0.2) is 152 Å². The summed E-state index contributed by atoms with van der Waals surface area (Å²) in [6.45, 7) is 0.831.